The number of ether oxygens (including phenoxy) is 5. The zero-order valence-electron chi connectivity index (χ0n) is 12.8. The molecular weight excluding hydrogens is 328 g/mol. The van der Waals surface area contributed by atoms with E-state index in [1.165, 1.54) is 0 Å². The molecule has 0 aromatic rings. The first-order chi connectivity index (χ1) is 11.4. The Labute approximate surface area is 136 Å². The van der Waals surface area contributed by atoms with Crippen LogP contribution in [-0.2, 0) is 33.3 Å². The van der Waals surface area contributed by atoms with Gasteiger partial charge in [-0.3, -0.25) is 9.59 Å². The van der Waals surface area contributed by atoms with E-state index in [-0.39, 0.29) is 45.5 Å². The first kappa shape index (κ1) is 17.8. The Morgan fingerprint density at radius 2 is 1.75 bits per heavy atom. The second-order valence-electron chi connectivity index (χ2n) is 5.45. The first-order valence-corrected chi connectivity index (χ1v) is 7.49. The lowest BCUT2D eigenvalue weighted by Gasteiger charge is -2.18. The number of aliphatic carboxylic acids is 1. The summed E-state index contributed by atoms with van der Waals surface area (Å²) in [6.07, 6.45) is -2.22. The van der Waals surface area contributed by atoms with Gasteiger partial charge in [-0.25, -0.2) is 9.59 Å². The molecule has 2 heterocycles. The predicted octanol–water partition coefficient (Wildman–Crippen LogP) is 0.862. The van der Waals surface area contributed by atoms with Crippen LogP contribution in [0, 0.1) is 5.92 Å². The molecule has 134 valence electrons. The van der Waals surface area contributed by atoms with E-state index >= 15 is 0 Å². The Bertz CT molecular complexity index is 502. The number of carbonyl (C=O) groups is 4. The Morgan fingerprint density at radius 3 is 2.29 bits per heavy atom. The fraction of sp³-hybridized carbons (Fsp3) is 0.714. The summed E-state index contributed by atoms with van der Waals surface area (Å²) in [6.45, 7) is -0.111. The van der Waals surface area contributed by atoms with E-state index in [0.717, 1.165) is 0 Å². The van der Waals surface area contributed by atoms with E-state index in [9.17, 15) is 19.2 Å². The zero-order valence-corrected chi connectivity index (χ0v) is 12.8. The fourth-order valence-corrected chi connectivity index (χ4v) is 2.37. The molecule has 2 aliphatic heterocycles. The minimum atomic E-state index is -0.965. The summed E-state index contributed by atoms with van der Waals surface area (Å²) in [5.74, 6) is -2.19. The number of cyclic esters (lactones) is 4. The third kappa shape index (κ3) is 5.60. The first-order valence-electron chi connectivity index (χ1n) is 7.49. The minimum Gasteiger partial charge on any atom is -0.481 e. The highest BCUT2D eigenvalue weighted by atomic mass is 16.8. The molecule has 0 amide bonds. The standard InChI is InChI=1S/C14H18O10/c15-11(16)3-1-2-8(4-9-5-21-13(18)23-9)12(17)20-6-10-7-22-14(19)24-10/h8-10H,1-7H2,(H,15,16). The van der Waals surface area contributed by atoms with E-state index in [0.29, 0.717) is 0 Å². The van der Waals surface area contributed by atoms with E-state index in [1.54, 1.807) is 0 Å². The van der Waals surface area contributed by atoms with Crippen LogP contribution in [0.1, 0.15) is 25.7 Å². The lowest BCUT2D eigenvalue weighted by molar-refractivity contribution is -0.152. The van der Waals surface area contributed by atoms with Gasteiger partial charge in [0, 0.05) is 12.8 Å². The van der Waals surface area contributed by atoms with Crippen molar-refractivity contribution in [2.75, 3.05) is 19.8 Å². The van der Waals surface area contributed by atoms with Gasteiger partial charge in [0.2, 0.25) is 0 Å². The highest BCUT2D eigenvalue weighted by Gasteiger charge is 2.33. The fourth-order valence-electron chi connectivity index (χ4n) is 2.37. The van der Waals surface area contributed by atoms with Crippen LogP contribution >= 0.6 is 0 Å². The maximum Gasteiger partial charge on any atom is 0.508 e. The summed E-state index contributed by atoms with van der Waals surface area (Å²) in [5, 5.41) is 8.69. The summed E-state index contributed by atoms with van der Waals surface area (Å²) < 4.78 is 24.0. The molecule has 10 heteroatoms. The van der Waals surface area contributed by atoms with Crippen LogP contribution in [0.15, 0.2) is 0 Å². The quantitative estimate of drug-likeness (QED) is 0.473. The summed E-state index contributed by atoms with van der Waals surface area (Å²) in [4.78, 5) is 44.5. The molecule has 10 nitrogen and oxygen atoms in total. The van der Waals surface area contributed by atoms with E-state index < -0.39 is 42.4 Å². The van der Waals surface area contributed by atoms with Gasteiger partial charge in [-0.2, -0.15) is 0 Å². The number of hydrogen-bond donors (Lipinski definition) is 1. The second kappa shape index (κ2) is 8.37. The molecule has 0 spiro atoms. The highest BCUT2D eigenvalue weighted by molar-refractivity contribution is 5.73. The van der Waals surface area contributed by atoms with Crippen molar-refractivity contribution in [3.05, 3.63) is 0 Å². The highest BCUT2D eigenvalue weighted by Crippen LogP contribution is 2.22. The summed E-state index contributed by atoms with van der Waals surface area (Å²) in [6, 6.07) is 0. The van der Waals surface area contributed by atoms with Gasteiger partial charge in [-0.05, 0) is 12.8 Å². The number of carboxylic acids is 1. The van der Waals surface area contributed by atoms with Crippen LogP contribution in [0.3, 0.4) is 0 Å². The van der Waals surface area contributed by atoms with E-state index in [4.69, 9.17) is 19.3 Å². The lowest BCUT2D eigenvalue weighted by atomic mass is 9.95. The zero-order chi connectivity index (χ0) is 17.5. The molecule has 0 aromatic carbocycles. The molecule has 3 unspecified atom stereocenters. The van der Waals surface area contributed by atoms with Gasteiger partial charge in [-0.15, -0.1) is 0 Å². The largest absolute Gasteiger partial charge is 0.508 e. The van der Waals surface area contributed by atoms with Crippen molar-refractivity contribution >= 4 is 24.2 Å². The minimum absolute atomic E-state index is 0.00384. The number of carbonyl (C=O) groups excluding carboxylic acids is 3. The van der Waals surface area contributed by atoms with Gasteiger partial charge in [-0.1, -0.05) is 0 Å². The van der Waals surface area contributed by atoms with Gasteiger partial charge in [0.25, 0.3) is 0 Å². The van der Waals surface area contributed by atoms with Crippen LogP contribution in [0.4, 0.5) is 9.59 Å². The van der Waals surface area contributed by atoms with Crippen molar-refractivity contribution in [1.82, 2.24) is 0 Å². The lowest BCUT2D eigenvalue weighted by Crippen LogP contribution is -2.28. The van der Waals surface area contributed by atoms with Crippen molar-refractivity contribution in [2.45, 2.75) is 37.9 Å². The van der Waals surface area contributed by atoms with Crippen molar-refractivity contribution in [2.24, 2.45) is 5.92 Å². The SMILES string of the molecule is O=C(O)CCCC(CC1COC(=O)O1)C(=O)OCC1COC(=O)O1. The molecule has 0 saturated carbocycles. The van der Waals surface area contributed by atoms with Crippen LogP contribution in [-0.4, -0.2) is 61.4 Å². The van der Waals surface area contributed by atoms with E-state index in [2.05, 4.69) is 9.47 Å². The van der Waals surface area contributed by atoms with Crippen LogP contribution < -0.4 is 0 Å². The van der Waals surface area contributed by atoms with Gasteiger partial charge in [0.15, 0.2) is 6.10 Å². The van der Waals surface area contributed by atoms with E-state index in [1.807, 2.05) is 0 Å². The molecule has 0 bridgehead atoms. The third-order valence-corrected chi connectivity index (χ3v) is 3.54. The summed E-state index contributed by atoms with van der Waals surface area (Å²) >= 11 is 0. The second-order valence-corrected chi connectivity index (χ2v) is 5.45. The molecule has 24 heavy (non-hydrogen) atoms. The predicted molar refractivity (Wildman–Crippen MR) is 73.0 cm³/mol. The number of hydrogen-bond acceptors (Lipinski definition) is 9. The van der Waals surface area contributed by atoms with Crippen molar-refractivity contribution in [3.63, 3.8) is 0 Å². The Balaban J connectivity index is 1.82. The molecule has 0 aromatic heterocycles. The molecular formula is C14H18O10. The van der Waals surface area contributed by atoms with Gasteiger partial charge in [0.05, 0.1) is 5.92 Å². The average Bonchev–Trinajstić information content (AvgIpc) is 3.12. The van der Waals surface area contributed by atoms with Crippen molar-refractivity contribution in [1.29, 1.82) is 0 Å². The molecule has 2 saturated heterocycles. The van der Waals surface area contributed by atoms with Crippen LogP contribution in [0.2, 0.25) is 0 Å². The molecule has 0 aliphatic carbocycles. The topological polar surface area (TPSA) is 135 Å². The van der Waals surface area contributed by atoms with Crippen molar-refractivity contribution < 1.29 is 48.0 Å². The maximum absolute atomic E-state index is 12.2. The van der Waals surface area contributed by atoms with Crippen LogP contribution in [0.25, 0.3) is 0 Å². The Kier molecular flexibility index (Phi) is 6.21. The Morgan fingerprint density at radius 1 is 1.12 bits per heavy atom. The molecule has 2 rings (SSSR count). The summed E-state index contributed by atoms with van der Waals surface area (Å²) in [5.41, 5.74) is 0. The van der Waals surface area contributed by atoms with Crippen molar-refractivity contribution in [3.8, 4) is 0 Å². The normalized spacial score (nSPS) is 23.7. The number of carboxylic acid groups (broad SMARTS) is 1. The molecule has 2 aliphatic rings. The monoisotopic (exact) mass is 346 g/mol. The number of rotatable bonds is 9. The maximum atomic E-state index is 12.2. The molecule has 0 radical (unpaired) electrons. The van der Waals surface area contributed by atoms with Gasteiger partial charge >= 0.3 is 24.2 Å². The number of esters is 1. The third-order valence-electron chi connectivity index (χ3n) is 3.54. The molecule has 3 atom stereocenters. The van der Waals surface area contributed by atoms with Crippen LogP contribution in [0.5, 0.6) is 0 Å². The molecule has 1 N–H and O–H groups in total. The Hall–Kier alpha value is -2.52. The van der Waals surface area contributed by atoms with Gasteiger partial charge < -0.3 is 28.8 Å². The average molecular weight is 346 g/mol. The summed E-state index contributed by atoms with van der Waals surface area (Å²) in [7, 11) is 0. The smallest absolute Gasteiger partial charge is 0.481 e. The van der Waals surface area contributed by atoms with Gasteiger partial charge in [0.1, 0.15) is 25.9 Å². The molecule has 2 fully saturated rings.